The Bertz CT molecular complexity index is 338. The van der Waals surface area contributed by atoms with Gasteiger partial charge in [0.25, 0.3) is 0 Å². The highest BCUT2D eigenvalue weighted by Gasteiger charge is 2.22. The van der Waals surface area contributed by atoms with Crippen LogP contribution in [0.4, 0.5) is 4.39 Å². The summed E-state index contributed by atoms with van der Waals surface area (Å²) in [6.07, 6.45) is 3.40. The van der Waals surface area contributed by atoms with E-state index in [1.807, 2.05) is 6.07 Å². The van der Waals surface area contributed by atoms with Gasteiger partial charge in [0.05, 0.1) is 6.10 Å². The van der Waals surface area contributed by atoms with Crippen molar-refractivity contribution < 1.29 is 9.13 Å². The van der Waals surface area contributed by atoms with Crippen LogP contribution in [-0.2, 0) is 4.74 Å². The van der Waals surface area contributed by atoms with E-state index in [1.165, 1.54) is 18.9 Å². The van der Waals surface area contributed by atoms with E-state index >= 15 is 0 Å². The zero-order valence-electron chi connectivity index (χ0n) is 9.36. The molecule has 88 valence electrons. The number of ether oxygens (including phenoxy) is 1. The van der Waals surface area contributed by atoms with Gasteiger partial charge in [-0.1, -0.05) is 31.0 Å². The van der Waals surface area contributed by atoms with Crippen LogP contribution in [0.5, 0.6) is 0 Å². The second-order valence-electron chi connectivity index (χ2n) is 4.35. The summed E-state index contributed by atoms with van der Waals surface area (Å²) in [5, 5.41) is 0. The molecule has 0 radical (unpaired) electrons. The third-order valence-electron chi connectivity index (χ3n) is 3.01. The Labute approximate surface area is 95.6 Å². The van der Waals surface area contributed by atoms with Gasteiger partial charge in [0.2, 0.25) is 0 Å². The molecule has 0 amide bonds. The Morgan fingerprint density at radius 2 is 2.12 bits per heavy atom. The summed E-state index contributed by atoms with van der Waals surface area (Å²) in [6, 6.07) is 6.67. The average molecular weight is 223 g/mol. The lowest BCUT2D eigenvalue weighted by Crippen LogP contribution is -2.17. The Hall–Kier alpha value is -0.930. The van der Waals surface area contributed by atoms with Crippen LogP contribution in [0.15, 0.2) is 24.3 Å². The predicted molar refractivity (Wildman–Crippen MR) is 61.5 cm³/mol. The fourth-order valence-electron chi connectivity index (χ4n) is 1.80. The minimum absolute atomic E-state index is 0.232. The molecule has 0 bridgehead atoms. The first-order valence-electron chi connectivity index (χ1n) is 5.87. The number of hydrogen-bond acceptors (Lipinski definition) is 2. The van der Waals surface area contributed by atoms with E-state index in [9.17, 15) is 4.39 Å². The normalized spacial score (nSPS) is 17.4. The maximum absolute atomic E-state index is 13.5. The molecule has 1 aromatic carbocycles. The molecule has 2 nitrogen and oxygen atoms in total. The highest BCUT2D eigenvalue weighted by Crippen LogP contribution is 2.32. The van der Waals surface area contributed by atoms with Crippen LogP contribution >= 0.6 is 0 Å². The molecule has 2 rings (SSSR count). The van der Waals surface area contributed by atoms with Crippen LogP contribution < -0.4 is 5.73 Å². The lowest BCUT2D eigenvalue weighted by Gasteiger charge is -2.16. The number of nitrogens with two attached hydrogens (primary N) is 1. The van der Waals surface area contributed by atoms with Crippen LogP contribution in [0.1, 0.15) is 30.9 Å². The van der Waals surface area contributed by atoms with Crippen LogP contribution in [0, 0.1) is 11.7 Å². The molecule has 3 heteroatoms. The van der Waals surface area contributed by atoms with Gasteiger partial charge in [-0.3, -0.25) is 0 Å². The minimum atomic E-state index is -0.306. The monoisotopic (exact) mass is 223 g/mol. The Balaban J connectivity index is 1.90. The summed E-state index contributed by atoms with van der Waals surface area (Å²) in [7, 11) is 0. The Kier molecular flexibility index (Phi) is 3.91. The third kappa shape index (κ3) is 3.03. The summed E-state index contributed by atoms with van der Waals surface area (Å²) in [6.45, 7) is 1.01. The molecule has 16 heavy (non-hydrogen) atoms. The molecule has 1 aliphatic carbocycles. The first kappa shape index (κ1) is 11.6. The minimum Gasteiger partial charge on any atom is -0.372 e. The average Bonchev–Trinajstić information content (AvgIpc) is 3.10. The van der Waals surface area contributed by atoms with E-state index in [0.717, 1.165) is 12.3 Å². The van der Waals surface area contributed by atoms with Crippen molar-refractivity contribution in [1.82, 2.24) is 0 Å². The first-order chi connectivity index (χ1) is 7.81. The maximum atomic E-state index is 13.5. The zero-order chi connectivity index (χ0) is 11.4. The highest BCUT2D eigenvalue weighted by atomic mass is 19.1. The van der Waals surface area contributed by atoms with E-state index in [4.69, 9.17) is 10.5 Å². The van der Waals surface area contributed by atoms with Gasteiger partial charge in [-0.25, -0.2) is 4.39 Å². The Morgan fingerprint density at radius 3 is 2.75 bits per heavy atom. The van der Waals surface area contributed by atoms with Crippen molar-refractivity contribution in [2.24, 2.45) is 11.7 Å². The molecule has 1 unspecified atom stereocenters. The van der Waals surface area contributed by atoms with E-state index < -0.39 is 0 Å². The molecule has 1 aliphatic rings. The molecule has 0 heterocycles. The molecular formula is C13H18FNO. The van der Waals surface area contributed by atoms with Gasteiger partial charge < -0.3 is 10.5 Å². The molecular weight excluding hydrogens is 205 g/mol. The van der Waals surface area contributed by atoms with Crippen molar-refractivity contribution in [2.45, 2.75) is 25.4 Å². The number of hydrogen-bond donors (Lipinski definition) is 1. The van der Waals surface area contributed by atoms with E-state index in [0.29, 0.717) is 18.7 Å². The third-order valence-corrected chi connectivity index (χ3v) is 3.01. The van der Waals surface area contributed by atoms with E-state index in [1.54, 1.807) is 12.1 Å². The molecule has 1 saturated carbocycles. The highest BCUT2D eigenvalue weighted by molar-refractivity contribution is 5.20. The van der Waals surface area contributed by atoms with E-state index in [-0.39, 0.29) is 11.9 Å². The number of rotatable bonds is 6. The molecule has 0 spiro atoms. The molecule has 1 aromatic rings. The summed E-state index contributed by atoms with van der Waals surface area (Å²) in [5.41, 5.74) is 6.18. The summed E-state index contributed by atoms with van der Waals surface area (Å²) in [5.74, 6) is 0.600. The van der Waals surface area contributed by atoms with Crippen LogP contribution in [0.25, 0.3) is 0 Å². The van der Waals surface area contributed by atoms with Gasteiger partial charge >= 0.3 is 0 Å². The van der Waals surface area contributed by atoms with Crippen LogP contribution in [0.2, 0.25) is 0 Å². The van der Waals surface area contributed by atoms with Gasteiger partial charge in [-0.2, -0.15) is 0 Å². The smallest absolute Gasteiger partial charge is 0.129 e. The molecule has 0 aliphatic heterocycles. The number of benzene rings is 1. The second-order valence-corrected chi connectivity index (χ2v) is 4.35. The molecule has 1 atom stereocenters. The van der Waals surface area contributed by atoms with Gasteiger partial charge in [0, 0.05) is 18.7 Å². The first-order valence-corrected chi connectivity index (χ1v) is 5.87. The standard InChI is InChI=1S/C13H18FNO/c14-12-4-2-1-3-11(12)13(9-15)16-8-7-10-5-6-10/h1-4,10,13H,5-9,15H2. The lowest BCUT2D eigenvalue weighted by atomic mass is 10.1. The largest absolute Gasteiger partial charge is 0.372 e. The van der Waals surface area contributed by atoms with Crippen LogP contribution in [-0.4, -0.2) is 13.2 Å². The number of halogens is 1. The maximum Gasteiger partial charge on any atom is 0.129 e. The van der Waals surface area contributed by atoms with Crippen molar-refractivity contribution >= 4 is 0 Å². The van der Waals surface area contributed by atoms with Gasteiger partial charge in [0.1, 0.15) is 5.82 Å². The van der Waals surface area contributed by atoms with E-state index in [2.05, 4.69) is 0 Å². The Morgan fingerprint density at radius 1 is 1.38 bits per heavy atom. The van der Waals surface area contributed by atoms with Crippen molar-refractivity contribution in [3.63, 3.8) is 0 Å². The van der Waals surface area contributed by atoms with Crippen molar-refractivity contribution in [3.05, 3.63) is 35.6 Å². The van der Waals surface area contributed by atoms with Crippen molar-refractivity contribution in [2.75, 3.05) is 13.2 Å². The fraction of sp³-hybridized carbons (Fsp3) is 0.538. The molecule has 0 aromatic heterocycles. The van der Waals surface area contributed by atoms with Gasteiger partial charge in [0.15, 0.2) is 0 Å². The van der Waals surface area contributed by atoms with Gasteiger partial charge in [-0.15, -0.1) is 0 Å². The SMILES string of the molecule is NCC(OCCC1CC1)c1ccccc1F. The van der Waals surface area contributed by atoms with Gasteiger partial charge in [-0.05, 0) is 18.4 Å². The molecule has 2 N–H and O–H groups in total. The quantitative estimate of drug-likeness (QED) is 0.804. The van der Waals surface area contributed by atoms with Crippen molar-refractivity contribution in [3.8, 4) is 0 Å². The zero-order valence-corrected chi connectivity index (χ0v) is 9.36. The summed E-state index contributed by atoms with van der Waals surface area (Å²) < 4.78 is 19.1. The predicted octanol–water partition coefficient (Wildman–Crippen LogP) is 2.64. The topological polar surface area (TPSA) is 35.2 Å². The second kappa shape index (κ2) is 5.41. The summed E-state index contributed by atoms with van der Waals surface area (Å²) >= 11 is 0. The molecule has 1 fully saturated rings. The fourth-order valence-corrected chi connectivity index (χ4v) is 1.80. The van der Waals surface area contributed by atoms with Crippen molar-refractivity contribution in [1.29, 1.82) is 0 Å². The lowest BCUT2D eigenvalue weighted by molar-refractivity contribution is 0.0522. The summed E-state index contributed by atoms with van der Waals surface area (Å²) in [4.78, 5) is 0. The van der Waals surface area contributed by atoms with Crippen LogP contribution in [0.3, 0.4) is 0 Å². The molecule has 0 saturated heterocycles.